The molecule has 1 heterocycles. The van der Waals surface area contributed by atoms with Gasteiger partial charge in [-0.1, -0.05) is 43.2 Å². The molecule has 0 radical (unpaired) electrons. The van der Waals surface area contributed by atoms with Gasteiger partial charge >= 0.3 is 5.97 Å². The molecule has 0 saturated heterocycles. The highest BCUT2D eigenvalue weighted by atomic mass is 16.5. The number of aryl methyl sites for hydroxylation is 1. The van der Waals surface area contributed by atoms with E-state index in [1.807, 2.05) is 54.6 Å². The molecular formula is C24H27NO4. The zero-order valence-electron chi connectivity index (χ0n) is 17.0. The summed E-state index contributed by atoms with van der Waals surface area (Å²) in [6, 6.07) is 17.9. The largest absolute Gasteiger partial charge is 0.497 e. The van der Waals surface area contributed by atoms with Crippen molar-refractivity contribution in [1.82, 2.24) is 4.98 Å². The molecule has 0 bridgehead atoms. The number of aromatic nitrogens is 1. The van der Waals surface area contributed by atoms with Crippen LogP contribution in [0, 0.1) is 0 Å². The van der Waals surface area contributed by atoms with Crippen molar-refractivity contribution < 1.29 is 18.7 Å². The van der Waals surface area contributed by atoms with Crippen LogP contribution in [0.4, 0.5) is 0 Å². The van der Waals surface area contributed by atoms with E-state index in [4.69, 9.17) is 14.1 Å². The summed E-state index contributed by atoms with van der Waals surface area (Å²) in [6.07, 6.45) is 5.09. The lowest BCUT2D eigenvalue weighted by atomic mass is 10.1. The highest BCUT2D eigenvalue weighted by Crippen LogP contribution is 2.33. The number of benzene rings is 2. The zero-order chi connectivity index (χ0) is 20.5. The van der Waals surface area contributed by atoms with Crippen molar-refractivity contribution in [3.05, 3.63) is 60.5 Å². The molecular weight excluding hydrogens is 366 g/mol. The van der Waals surface area contributed by atoms with Gasteiger partial charge in [0.2, 0.25) is 0 Å². The second-order valence-corrected chi connectivity index (χ2v) is 6.87. The number of hydrogen-bond acceptors (Lipinski definition) is 5. The van der Waals surface area contributed by atoms with Crippen LogP contribution >= 0.6 is 0 Å². The van der Waals surface area contributed by atoms with Crippen molar-refractivity contribution >= 4 is 5.97 Å². The van der Waals surface area contributed by atoms with Gasteiger partial charge in [-0.15, -0.1) is 0 Å². The van der Waals surface area contributed by atoms with Gasteiger partial charge in [-0.3, -0.25) is 4.79 Å². The van der Waals surface area contributed by atoms with E-state index in [9.17, 15) is 4.79 Å². The summed E-state index contributed by atoms with van der Waals surface area (Å²) in [5, 5.41) is 0. The smallest absolute Gasteiger partial charge is 0.305 e. The maximum absolute atomic E-state index is 11.2. The number of unbranched alkanes of at least 4 members (excludes halogenated alkanes) is 3. The standard InChI is InChI=1S/C24H27NO4/c1-27-20-16-14-19(15-17-20)24-23(18-10-6-5-7-11-18)25-21(29-24)12-8-3-4-9-13-22(26)28-2/h5-7,10-11,14-17H,3-4,8-9,12-13H2,1-2H3. The Morgan fingerprint density at radius 2 is 1.62 bits per heavy atom. The van der Waals surface area contributed by atoms with Gasteiger partial charge in [-0.05, 0) is 37.1 Å². The number of methoxy groups -OCH3 is 2. The number of esters is 1. The van der Waals surface area contributed by atoms with Crippen molar-refractivity contribution in [3.8, 4) is 28.3 Å². The first-order valence-corrected chi connectivity index (χ1v) is 9.97. The summed E-state index contributed by atoms with van der Waals surface area (Å²) >= 11 is 0. The first-order valence-electron chi connectivity index (χ1n) is 9.97. The predicted octanol–water partition coefficient (Wildman–Crippen LogP) is 5.68. The van der Waals surface area contributed by atoms with Crippen LogP contribution in [0.15, 0.2) is 59.0 Å². The van der Waals surface area contributed by atoms with Gasteiger partial charge in [-0.2, -0.15) is 0 Å². The Hall–Kier alpha value is -3.08. The Morgan fingerprint density at radius 3 is 2.31 bits per heavy atom. The van der Waals surface area contributed by atoms with Gasteiger partial charge in [0, 0.05) is 24.0 Å². The van der Waals surface area contributed by atoms with E-state index in [1.54, 1.807) is 7.11 Å². The minimum Gasteiger partial charge on any atom is -0.497 e. The number of rotatable bonds is 10. The average molecular weight is 393 g/mol. The number of carbonyl (C=O) groups is 1. The molecule has 3 rings (SSSR count). The number of hydrogen-bond donors (Lipinski definition) is 0. The van der Waals surface area contributed by atoms with Crippen molar-refractivity contribution in [2.45, 2.75) is 38.5 Å². The lowest BCUT2D eigenvalue weighted by molar-refractivity contribution is -0.140. The number of ether oxygens (including phenoxy) is 2. The molecule has 5 heteroatoms. The SMILES string of the molecule is COC(=O)CCCCCCc1nc(-c2ccccc2)c(-c2ccc(OC)cc2)o1. The molecule has 0 aliphatic rings. The molecule has 3 aromatic rings. The normalized spacial score (nSPS) is 10.7. The monoisotopic (exact) mass is 393 g/mol. The molecule has 1 aromatic heterocycles. The van der Waals surface area contributed by atoms with Gasteiger partial charge < -0.3 is 13.9 Å². The van der Waals surface area contributed by atoms with Crippen LogP contribution in [0.5, 0.6) is 5.75 Å². The molecule has 5 nitrogen and oxygen atoms in total. The van der Waals surface area contributed by atoms with E-state index in [-0.39, 0.29) is 5.97 Å². The fraction of sp³-hybridized carbons (Fsp3) is 0.333. The highest BCUT2D eigenvalue weighted by molar-refractivity contribution is 5.77. The fourth-order valence-electron chi connectivity index (χ4n) is 3.20. The average Bonchev–Trinajstić information content (AvgIpc) is 3.20. The van der Waals surface area contributed by atoms with E-state index in [0.29, 0.717) is 6.42 Å². The van der Waals surface area contributed by atoms with Gasteiger partial charge in [0.05, 0.1) is 14.2 Å². The Kier molecular flexibility index (Phi) is 7.45. The molecule has 29 heavy (non-hydrogen) atoms. The Balaban J connectivity index is 1.70. The summed E-state index contributed by atoms with van der Waals surface area (Å²) < 4.78 is 16.1. The summed E-state index contributed by atoms with van der Waals surface area (Å²) in [6.45, 7) is 0. The van der Waals surface area contributed by atoms with E-state index < -0.39 is 0 Å². The Morgan fingerprint density at radius 1 is 0.897 bits per heavy atom. The lowest BCUT2D eigenvalue weighted by Gasteiger charge is -2.03. The molecule has 0 aliphatic carbocycles. The van der Waals surface area contributed by atoms with E-state index in [2.05, 4.69) is 4.74 Å². The van der Waals surface area contributed by atoms with Crippen LogP contribution in [0.25, 0.3) is 22.6 Å². The van der Waals surface area contributed by atoms with Crippen LogP contribution in [0.2, 0.25) is 0 Å². The van der Waals surface area contributed by atoms with E-state index >= 15 is 0 Å². The second-order valence-electron chi connectivity index (χ2n) is 6.87. The van der Waals surface area contributed by atoms with Crippen LogP contribution in [-0.4, -0.2) is 25.2 Å². The molecule has 0 saturated carbocycles. The number of carbonyl (C=O) groups excluding carboxylic acids is 1. The Bertz CT molecular complexity index is 900. The summed E-state index contributed by atoms with van der Waals surface area (Å²) in [4.78, 5) is 15.9. The molecule has 0 aliphatic heterocycles. The first kappa shape index (κ1) is 20.6. The predicted molar refractivity (Wildman–Crippen MR) is 113 cm³/mol. The highest BCUT2D eigenvalue weighted by Gasteiger charge is 2.16. The third-order valence-corrected chi connectivity index (χ3v) is 4.82. The van der Waals surface area contributed by atoms with Gasteiger partial charge in [0.1, 0.15) is 11.4 Å². The van der Waals surface area contributed by atoms with Crippen LogP contribution < -0.4 is 4.74 Å². The number of oxazole rings is 1. The minimum atomic E-state index is -0.144. The molecule has 0 unspecified atom stereocenters. The topological polar surface area (TPSA) is 61.6 Å². The summed E-state index contributed by atoms with van der Waals surface area (Å²) in [5.74, 6) is 2.18. The first-order chi connectivity index (χ1) is 14.2. The number of nitrogens with zero attached hydrogens (tertiary/aromatic N) is 1. The molecule has 0 N–H and O–H groups in total. The van der Waals surface area contributed by atoms with Crippen molar-refractivity contribution in [3.63, 3.8) is 0 Å². The molecule has 152 valence electrons. The lowest BCUT2D eigenvalue weighted by Crippen LogP contribution is -1.99. The maximum atomic E-state index is 11.2. The van der Waals surface area contributed by atoms with Crippen LogP contribution in [0.3, 0.4) is 0 Å². The summed E-state index contributed by atoms with van der Waals surface area (Å²) in [5.41, 5.74) is 2.87. The van der Waals surface area contributed by atoms with Crippen LogP contribution in [0.1, 0.15) is 38.0 Å². The molecule has 0 spiro atoms. The van der Waals surface area contributed by atoms with Crippen LogP contribution in [-0.2, 0) is 16.0 Å². The van der Waals surface area contributed by atoms with Gasteiger partial charge in [0.25, 0.3) is 0 Å². The maximum Gasteiger partial charge on any atom is 0.305 e. The third kappa shape index (κ3) is 5.70. The van der Waals surface area contributed by atoms with Crippen molar-refractivity contribution in [2.75, 3.05) is 14.2 Å². The van der Waals surface area contributed by atoms with E-state index in [0.717, 1.165) is 66.3 Å². The van der Waals surface area contributed by atoms with Crippen molar-refractivity contribution in [2.24, 2.45) is 0 Å². The summed E-state index contributed by atoms with van der Waals surface area (Å²) in [7, 11) is 3.08. The van der Waals surface area contributed by atoms with E-state index in [1.165, 1.54) is 7.11 Å². The third-order valence-electron chi connectivity index (χ3n) is 4.82. The molecule has 0 amide bonds. The van der Waals surface area contributed by atoms with Crippen molar-refractivity contribution in [1.29, 1.82) is 0 Å². The molecule has 0 fully saturated rings. The zero-order valence-corrected chi connectivity index (χ0v) is 17.0. The second kappa shape index (κ2) is 10.5. The molecule has 2 aromatic carbocycles. The quantitative estimate of drug-likeness (QED) is 0.327. The Labute approximate surface area is 171 Å². The van der Waals surface area contributed by atoms with Gasteiger partial charge in [-0.25, -0.2) is 4.98 Å². The molecule has 0 atom stereocenters. The minimum absolute atomic E-state index is 0.144. The van der Waals surface area contributed by atoms with Gasteiger partial charge in [0.15, 0.2) is 11.7 Å². The fourth-order valence-corrected chi connectivity index (χ4v) is 3.20.